The van der Waals surface area contributed by atoms with Gasteiger partial charge in [0.05, 0.1) is 5.56 Å². The number of nitrogens with two attached hydrogens (primary N) is 1. The zero-order valence-corrected chi connectivity index (χ0v) is 11.7. The molecule has 0 bridgehead atoms. The van der Waals surface area contributed by atoms with Crippen LogP contribution in [0.15, 0.2) is 22.7 Å². The first kappa shape index (κ1) is 13.4. The summed E-state index contributed by atoms with van der Waals surface area (Å²) in [5, 5.41) is 0. The van der Waals surface area contributed by atoms with E-state index in [1.54, 1.807) is 12.1 Å². The lowest BCUT2D eigenvalue weighted by Crippen LogP contribution is -2.29. The summed E-state index contributed by atoms with van der Waals surface area (Å²) in [6, 6.07) is 5.27. The molecular formula is C9H8BrIN2O3. The van der Waals surface area contributed by atoms with Crippen molar-refractivity contribution in [3.63, 3.8) is 0 Å². The summed E-state index contributed by atoms with van der Waals surface area (Å²) >= 11 is 5.29. The Morgan fingerprint density at radius 1 is 1.50 bits per heavy atom. The average molecular weight is 399 g/mol. The van der Waals surface area contributed by atoms with Gasteiger partial charge in [0.15, 0.2) is 6.61 Å². The molecule has 0 saturated carbocycles. The number of carbonyl (C=O) groups excluding carboxylic acids is 2. The molecule has 0 heterocycles. The molecule has 0 spiro atoms. The van der Waals surface area contributed by atoms with Crippen molar-refractivity contribution >= 4 is 50.3 Å². The van der Waals surface area contributed by atoms with Gasteiger partial charge in [-0.05, 0) is 40.8 Å². The van der Waals surface area contributed by atoms with E-state index in [0.29, 0.717) is 5.56 Å². The molecule has 0 aliphatic carbocycles. The SMILES string of the molecule is NC(=O)CONC(=O)c1cc(Br)ccc1I. The Balaban J connectivity index is 2.65. The molecule has 1 rings (SSSR count). The Labute approximate surface area is 114 Å². The molecule has 0 aliphatic heterocycles. The fourth-order valence-electron chi connectivity index (χ4n) is 0.899. The summed E-state index contributed by atoms with van der Waals surface area (Å²) in [6.07, 6.45) is 0. The number of benzene rings is 1. The summed E-state index contributed by atoms with van der Waals surface area (Å²) in [5.74, 6) is -1.07. The van der Waals surface area contributed by atoms with Crippen LogP contribution in [0.1, 0.15) is 10.4 Å². The monoisotopic (exact) mass is 398 g/mol. The molecule has 3 N–H and O–H groups in total. The van der Waals surface area contributed by atoms with Crippen LogP contribution in [0.3, 0.4) is 0 Å². The van der Waals surface area contributed by atoms with E-state index >= 15 is 0 Å². The maximum atomic E-state index is 11.6. The third-order valence-electron chi connectivity index (χ3n) is 1.55. The van der Waals surface area contributed by atoms with Crippen LogP contribution >= 0.6 is 38.5 Å². The fraction of sp³-hybridized carbons (Fsp3) is 0.111. The van der Waals surface area contributed by atoms with Gasteiger partial charge in [0, 0.05) is 8.04 Å². The van der Waals surface area contributed by atoms with Gasteiger partial charge in [0.1, 0.15) is 0 Å². The second-order valence-corrected chi connectivity index (χ2v) is 4.89. The molecular weight excluding hydrogens is 391 g/mol. The van der Waals surface area contributed by atoms with E-state index in [1.807, 2.05) is 28.7 Å². The summed E-state index contributed by atoms with van der Waals surface area (Å²) in [6.45, 7) is -0.351. The van der Waals surface area contributed by atoms with E-state index in [0.717, 1.165) is 8.04 Å². The van der Waals surface area contributed by atoms with E-state index in [4.69, 9.17) is 5.73 Å². The zero-order valence-electron chi connectivity index (χ0n) is 8.00. The molecule has 0 radical (unpaired) electrons. The second-order valence-electron chi connectivity index (χ2n) is 2.81. The number of carbonyl (C=O) groups is 2. The van der Waals surface area contributed by atoms with E-state index in [2.05, 4.69) is 26.2 Å². The van der Waals surface area contributed by atoms with Crippen LogP contribution in [0.25, 0.3) is 0 Å². The van der Waals surface area contributed by atoms with Crippen LogP contribution in [-0.2, 0) is 9.63 Å². The minimum Gasteiger partial charge on any atom is -0.368 e. The number of halogens is 2. The molecule has 5 nitrogen and oxygen atoms in total. The first-order valence-electron chi connectivity index (χ1n) is 4.16. The molecule has 16 heavy (non-hydrogen) atoms. The Bertz CT molecular complexity index is 425. The summed E-state index contributed by atoms with van der Waals surface area (Å²) in [4.78, 5) is 26.6. The Morgan fingerprint density at radius 3 is 2.81 bits per heavy atom. The van der Waals surface area contributed by atoms with Gasteiger partial charge in [-0.2, -0.15) is 0 Å². The zero-order chi connectivity index (χ0) is 12.1. The van der Waals surface area contributed by atoms with Gasteiger partial charge in [-0.1, -0.05) is 15.9 Å². The molecule has 1 aromatic rings. The molecule has 0 aromatic heterocycles. The normalized spacial score (nSPS) is 9.88. The van der Waals surface area contributed by atoms with Gasteiger partial charge in [0.25, 0.3) is 5.91 Å². The van der Waals surface area contributed by atoms with Crippen molar-refractivity contribution in [3.8, 4) is 0 Å². The largest absolute Gasteiger partial charge is 0.368 e. The van der Waals surface area contributed by atoms with Crippen molar-refractivity contribution < 1.29 is 14.4 Å². The number of primary amides is 1. The smallest absolute Gasteiger partial charge is 0.275 e. The maximum Gasteiger partial charge on any atom is 0.275 e. The van der Waals surface area contributed by atoms with Crippen LogP contribution in [0.2, 0.25) is 0 Å². The molecule has 0 atom stereocenters. The van der Waals surface area contributed by atoms with Gasteiger partial charge in [-0.3, -0.25) is 14.4 Å². The van der Waals surface area contributed by atoms with Crippen LogP contribution in [0.5, 0.6) is 0 Å². The molecule has 7 heteroatoms. The number of amides is 2. The molecule has 2 amide bonds. The second kappa shape index (κ2) is 6.16. The minimum absolute atomic E-state index is 0.351. The van der Waals surface area contributed by atoms with Gasteiger partial charge in [-0.15, -0.1) is 0 Å². The van der Waals surface area contributed by atoms with Gasteiger partial charge in [0.2, 0.25) is 5.91 Å². The third kappa shape index (κ3) is 4.06. The molecule has 0 unspecified atom stereocenters. The van der Waals surface area contributed by atoms with Crippen molar-refractivity contribution in [2.24, 2.45) is 5.73 Å². The fourth-order valence-corrected chi connectivity index (χ4v) is 1.84. The summed E-state index contributed by atoms with van der Waals surface area (Å²) in [7, 11) is 0. The van der Waals surface area contributed by atoms with E-state index in [1.165, 1.54) is 0 Å². The number of rotatable bonds is 4. The Morgan fingerprint density at radius 2 is 2.19 bits per heavy atom. The van der Waals surface area contributed by atoms with Gasteiger partial charge in [-0.25, -0.2) is 5.48 Å². The molecule has 0 fully saturated rings. The van der Waals surface area contributed by atoms with Crippen molar-refractivity contribution in [1.82, 2.24) is 5.48 Å². The first-order chi connectivity index (χ1) is 7.50. The van der Waals surface area contributed by atoms with Crippen LogP contribution in [-0.4, -0.2) is 18.4 Å². The Hall–Kier alpha value is -0.670. The third-order valence-corrected chi connectivity index (χ3v) is 2.99. The lowest BCUT2D eigenvalue weighted by Gasteiger charge is -2.06. The van der Waals surface area contributed by atoms with E-state index < -0.39 is 11.8 Å². The van der Waals surface area contributed by atoms with Crippen LogP contribution < -0.4 is 11.2 Å². The molecule has 0 aliphatic rings. The standard InChI is InChI=1S/C9H8BrIN2O3/c10-5-1-2-7(11)6(3-5)9(15)13-16-4-8(12)14/h1-3H,4H2,(H2,12,14)(H,13,15). The highest BCUT2D eigenvalue weighted by Crippen LogP contribution is 2.18. The predicted octanol–water partition coefficient (Wildman–Crippen LogP) is 1.20. The average Bonchev–Trinajstić information content (AvgIpc) is 2.21. The van der Waals surface area contributed by atoms with Crippen LogP contribution in [0.4, 0.5) is 0 Å². The predicted molar refractivity (Wildman–Crippen MR) is 69.5 cm³/mol. The highest BCUT2D eigenvalue weighted by atomic mass is 127. The van der Waals surface area contributed by atoms with E-state index in [-0.39, 0.29) is 6.61 Å². The quantitative estimate of drug-likeness (QED) is 0.590. The maximum absolute atomic E-state index is 11.6. The lowest BCUT2D eigenvalue weighted by molar-refractivity contribution is -0.124. The summed E-state index contributed by atoms with van der Waals surface area (Å²) < 4.78 is 1.56. The number of hydrogen-bond acceptors (Lipinski definition) is 3. The highest BCUT2D eigenvalue weighted by Gasteiger charge is 2.10. The topological polar surface area (TPSA) is 81.4 Å². The number of nitrogens with one attached hydrogen (secondary N) is 1. The first-order valence-corrected chi connectivity index (χ1v) is 6.03. The number of hydrogen-bond donors (Lipinski definition) is 2. The van der Waals surface area contributed by atoms with Crippen LogP contribution in [0, 0.1) is 3.57 Å². The minimum atomic E-state index is -0.649. The van der Waals surface area contributed by atoms with Gasteiger partial charge >= 0.3 is 0 Å². The van der Waals surface area contributed by atoms with E-state index in [9.17, 15) is 9.59 Å². The van der Waals surface area contributed by atoms with Crippen molar-refractivity contribution in [2.75, 3.05) is 6.61 Å². The van der Waals surface area contributed by atoms with Crippen molar-refractivity contribution in [1.29, 1.82) is 0 Å². The Kier molecular flexibility index (Phi) is 5.16. The van der Waals surface area contributed by atoms with Crippen molar-refractivity contribution in [3.05, 3.63) is 31.8 Å². The molecule has 0 saturated heterocycles. The highest BCUT2D eigenvalue weighted by molar-refractivity contribution is 14.1. The molecule has 1 aromatic carbocycles. The molecule has 86 valence electrons. The van der Waals surface area contributed by atoms with Crippen molar-refractivity contribution in [2.45, 2.75) is 0 Å². The summed E-state index contributed by atoms with van der Waals surface area (Å²) in [5.41, 5.74) is 7.44. The lowest BCUT2D eigenvalue weighted by atomic mass is 10.2. The van der Waals surface area contributed by atoms with Gasteiger partial charge < -0.3 is 5.73 Å². The number of hydroxylamine groups is 1.